The maximum atomic E-state index is 10.7. The average Bonchev–Trinajstić information content (AvgIpc) is 2.90. The Hall–Kier alpha value is -1.72. The van der Waals surface area contributed by atoms with Crippen molar-refractivity contribution in [2.24, 2.45) is 0 Å². The van der Waals surface area contributed by atoms with Crippen molar-refractivity contribution in [1.82, 2.24) is 10.3 Å². The molecule has 0 saturated heterocycles. The summed E-state index contributed by atoms with van der Waals surface area (Å²) in [6, 6.07) is 7.08. The van der Waals surface area contributed by atoms with Gasteiger partial charge in [-0.1, -0.05) is 12.1 Å². The first kappa shape index (κ1) is 12.7. The molecule has 0 saturated carbocycles. The van der Waals surface area contributed by atoms with Crippen LogP contribution in [0.4, 0.5) is 0 Å². The van der Waals surface area contributed by atoms with Crippen LogP contribution < -0.4 is 5.32 Å². The molecule has 0 bridgehead atoms. The van der Waals surface area contributed by atoms with Crippen LogP contribution in [0, 0.1) is 0 Å². The lowest BCUT2D eigenvalue weighted by Gasteiger charge is -2.11. The summed E-state index contributed by atoms with van der Waals surface area (Å²) in [6.07, 6.45) is 1.79. The van der Waals surface area contributed by atoms with Crippen molar-refractivity contribution in [3.63, 3.8) is 0 Å². The van der Waals surface area contributed by atoms with E-state index in [2.05, 4.69) is 17.2 Å². The Bertz CT molecular complexity index is 508. The summed E-state index contributed by atoms with van der Waals surface area (Å²) in [7, 11) is 0. The Balaban J connectivity index is 1.92. The van der Waals surface area contributed by atoms with Gasteiger partial charge in [-0.05, 0) is 24.6 Å². The first-order valence-corrected chi connectivity index (χ1v) is 6.50. The molecule has 0 spiro atoms. The SMILES string of the molecule is CC(NCc1ccc(C(=O)O)cc1)c1nccs1. The van der Waals surface area contributed by atoms with Crippen LogP contribution >= 0.6 is 11.3 Å². The topological polar surface area (TPSA) is 62.2 Å². The number of carboxylic acids is 1. The summed E-state index contributed by atoms with van der Waals surface area (Å²) in [4.78, 5) is 15.0. The first-order valence-electron chi connectivity index (χ1n) is 5.62. The number of nitrogens with zero attached hydrogens (tertiary/aromatic N) is 1. The third kappa shape index (κ3) is 3.15. The van der Waals surface area contributed by atoms with Gasteiger partial charge in [-0.15, -0.1) is 11.3 Å². The van der Waals surface area contributed by atoms with Gasteiger partial charge in [0.25, 0.3) is 0 Å². The molecule has 0 fully saturated rings. The molecular weight excluding hydrogens is 248 g/mol. The van der Waals surface area contributed by atoms with Gasteiger partial charge in [0.15, 0.2) is 0 Å². The van der Waals surface area contributed by atoms with Crippen molar-refractivity contribution in [1.29, 1.82) is 0 Å². The number of aromatic carboxylic acids is 1. The van der Waals surface area contributed by atoms with Gasteiger partial charge in [0.1, 0.15) is 5.01 Å². The Labute approximate surface area is 109 Å². The number of benzene rings is 1. The Morgan fingerprint density at radius 2 is 2.17 bits per heavy atom. The Morgan fingerprint density at radius 1 is 1.44 bits per heavy atom. The quantitative estimate of drug-likeness (QED) is 0.869. The van der Waals surface area contributed by atoms with Crippen LogP contribution in [0.25, 0.3) is 0 Å². The van der Waals surface area contributed by atoms with E-state index in [9.17, 15) is 4.79 Å². The van der Waals surface area contributed by atoms with E-state index in [0.29, 0.717) is 12.1 Å². The number of nitrogens with one attached hydrogen (secondary N) is 1. The van der Waals surface area contributed by atoms with Crippen molar-refractivity contribution in [3.8, 4) is 0 Å². The fraction of sp³-hybridized carbons (Fsp3) is 0.231. The third-order valence-electron chi connectivity index (χ3n) is 2.64. The Kier molecular flexibility index (Phi) is 4.07. The molecule has 0 aliphatic heterocycles. The zero-order chi connectivity index (χ0) is 13.0. The molecule has 2 aromatic rings. The summed E-state index contributed by atoms with van der Waals surface area (Å²) in [5.74, 6) is -0.898. The number of carbonyl (C=O) groups is 1. The summed E-state index contributed by atoms with van der Waals surface area (Å²) in [6.45, 7) is 2.76. The maximum Gasteiger partial charge on any atom is 0.335 e. The lowest BCUT2D eigenvalue weighted by atomic mass is 10.1. The third-order valence-corrected chi connectivity index (χ3v) is 3.59. The van der Waals surface area contributed by atoms with E-state index in [1.165, 1.54) is 0 Å². The van der Waals surface area contributed by atoms with E-state index in [0.717, 1.165) is 10.6 Å². The molecular formula is C13H14N2O2S. The molecule has 0 radical (unpaired) electrons. The second-order valence-electron chi connectivity index (χ2n) is 3.98. The summed E-state index contributed by atoms with van der Waals surface area (Å²) in [5.41, 5.74) is 1.37. The van der Waals surface area contributed by atoms with Crippen molar-refractivity contribution >= 4 is 17.3 Å². The molecule has 2 N–H and O–H groups in total. The molecule has 0 aliphatic carbocycles. The zero-order valence-corrected chi connectivity index (χ0v) is 10.8. The van der Waals surface area contributed by atoms with Gasteiger partial charge in [0, 0.05) is 18.1 Å². The van der Waals surface area contributed by atoms with E-state index in [-0.39, 0.29) is 6.04 Å². The minimum atomic E-state index is -0.898. The fourth-order valence-electron chi connectivity index (χ4n) is 1.57. The highest BCUT2D eigenvalue weighted by molar-refractivity contribution is 7.09. The number of aromatic nitrogens is 1. The standard InChI is InChI=1S/C13H14N2O2S/c1-9(12-14-6-7-18-12)15-8-10-2-4-11(5-3-10)13(16)17/h2-7,9,15H,8H2,1H3,(H,16,17). The molecule has 1 heterocycles. The molecule has 1 aromatic heterocycles. The van der Waals surface area contributed by atoms with Crippen LogP contribution in [0.3, 0.4) is 0 Å². The van der Waals surface area contributed by atoms with E-state index < -0.39 is 5.97 Å². The normalized spacial score (nSPS) is 12.3. The largest absolute Gasteiger partial charge is 0.478 e. The minimum absolute atomic E-state index is 0.198. The monoisotopic (exact) mass is 262 g/mol. The predicted octanol–water partition coefficient (Wildman–Crippen LogP) is 2.69. The molecule has 4 nitrogen and oxygen atoms in total. The fourth-order valence-corrected chi connectivity index (χ4v) is 2.24. The van der Waals surface area contributed by atoms with Crippen LogP contribution in [0.15, 0.2) is 35.8 Å². The molecule has 0 aliphatic rings. The second-order valence-corrected chi connectivity index (χ2v) is 4.90. The van der Waals surface area contributed by atoms with Crippen molar-refractivity contribution < 1.29 is 9.90 Å². The summed E-state index contributed by atoms with van der Waals surface area (Å²) >= 11 is 1.62. The van der Waals surface area contributed by atoms with Crippen LogP contribution in [0.1, 0.15) is 33.9 Å². The van der Waals surface area contributed by atoms with Crippen molar-refractivity contribution in [2.75, 3.05) is 0 Å². The molecule has 1 aromatic carbocycles. The molecule has 1 atom stereocenters. The van der Waals surface area contributed by atoms with Crippen molar-refractivity contribution in [3.05, 3.63) is 52.0 Å². The number of hydrogen-bond acceptors (Lipinski definition) is 4. The molecule has 1 unspecified atom stereocenters. The summed E-state index contributed by atoms with van der Waals surface area (Å²) < 4.78 is 0. The van der Waals surface area contributed by atoms with Crippen molar-refractivity contribution in [2.45, 2.75) is 19.5 Å². The van der Waals surface area contributed by atoms with Gasteiger partial charge in [0.05, 0.1) is 11.6 Å². The van der Waals surface area contributed by atoms with Gasteiger partial charge in [0.2, 0.25) is 0 Å². The highest BCUT2D eigenvalue weighted by Gasteiger charge is 2.07. The molecule has 0 amide bonds. The zero-order valence-electron chi connectivity index (χ0n) is 9.96. The molecule has 5 heteroatoms. The van der Waals surface area contributed by atoms with E-state index >= 15 is 0 Å². The molecule has 2 rings (SSSR count). The first-order chi connectivity index (χ1) is 8.66. The highest BCUT2D eigenvalue weighted by Crippen LogP contribution is 2.15. The predicted molar refractivity (Wildman–Crippen MR) is 70.8 cm³/mol. The maximum absolute atomic E-state index is 10.7. The van der Waals surface area contributed by atoms with E-state index in [1.807, 2.05) is 17.5 Å². The van der Waals surface area contributed by atoms with Gasteiger partial charge in [-0.3, -0.25) is 0 Å². The van der Waals surface area contributed by atoms with E-state index in [1.54, 1.807) is 29.7 Å². The van der Waals surface area contributed by atoms with Gasteiger partial charge < -0.3 is 10.4 Å². The van der Waals surface area contributed by atoms with E-state index in [4.69, 9.17) is 5.11 Å². The van der Waals surface area contributed by atoms with Gasteiger partial charge >= 0.3 is 5.97 Å². The lowest BCUT2D eigenvalue weighted by molar-refractivity contribution is 0.0697. The second kappa shape index (κ2) is 5.75. The highest BCUT2D eigenvalue weighted by atomic mass is 32.1. The lowest BCUT2D eigenvalue weighted by Crippen LogP contribution is -2.17. The minimum Gasteiger partial charge on any atom is -0.478 e. The number of thiazole rings is 1. The van der Waals surface area contributed by atoms with Crippen LogP contribution in [-0.2, 0) is 6.54 Å². The van der Waals surface area contributed by atoms with Crippen LogP contribution in [-0.4, -0.2) is 16.1 Å². The molecule has 94 valence electrons. The summed E-state index contributed by atoms with van der Waals surface area (Å²) in [5, 5.41) is 15.2. The number of carboxylic acid groups (broad SMARTS) is 1. The average molecular weight is 262 g/mol. The number of rotatable bonds is 5. The van der Waals surface area contributed by atoms with Crippen LogP contribution in [0.2, 0.25) is 0 Å². The van der Waals surface area contributed by atoms with Crippen LogP contribution in [0.5, 0.6) is 0 Å². The Morgan fingerprint density at radius 3 is 2.72 bits per heavy atom. The van der Waals surface area contributed by atoms with Gasteiger partial charge in [-0.2, -0.15) is 0 Å². The smallest absolute Gasteiger partial charge is 0.335 e. The number of hydrogen-bond donors (Lipinski definition) is 2. The molecule has 18 heavy (non-hydrogen) atoms. The van der Waals surface area contributed by atoms with Gasteiger partial charge in [-0.25, -0.2) is 9.78 Å².